The van der Waals surface area contributed by atoms with Crippen molar-refractivity contribution in [2.75, 3.05) is 50.7 Å². The Morgan fingerprint density at radius 3 is 1.91 bits per heavy atom. The molecule has 36 heteroatoms. The summed E-state index contributed by atoms with van der Waals surface area (Å²) in [5, 5.41) is 18.5. The predicted octanol–water partition coefficient (Wildman–Crippen LogP) is -2.41. The van der Waals surface area contributed by atoms with Gasteiger partial charge in [-0.05, 0) is 42.5 Å². The Hall–Kier alpha value is -3.92. The molecule has 8 heterocycles. The molecule has 8 rings (SSSR count). The number of rotatable bonds is 20. The minimum Gasteiger partial charge on any atom is -0.394 e. The second kappa shape index (κ2) is 19.6. The van der Waals surface area contributed by atoms with Crippen LogP contribution >= 0.6 is 19.9 Å². The Bertz CT molecular complexity index is 3010. The van der Waals surface area contributed by atoms with E-state index in [0.29, 0.717) is 11.2 Å². The molecule has 358 valence electrons. The molecule has 10 unspecified atom stereocenters. The smallest absolute Gasteiger partial charge is 0.280 e. The number of hydrogen-bond donors (Lipinski definition) is 12. The molecular formula is C30H43N18O12P3S3. The number of aliphatic hydroxyl groups is 1. The third-order valence-electron chi connectivity index (χ3n) is 10.3. The van der Waals surface area contributed by atoms with Gasteiger partial charge in [0.2, 0.25) is 11.9 Å². The number of aromatic nitrogens is 12. The van der Waals surface area contributed by atoms with E-state index in [0.717, 1.165) is 0 Å². The standard InChI is InChI=1S/C30H43N18O12P3S3/c1-34-61(52,64)57-6-16-14(2-18(59-16)47-10-38-20-23(31)35-8-36-24(20)47)45-63(54,66)58-7-17-15(3-19(60-17)48-11-39-22-26(48)41-30(33)43-28(22)51)44-62(53,65)56-5-13(4-49)55-12-46-9-37-21-25(46)40-29(32)42-27(21)50/h8-11,13-19,49H,2-7,12H2,1H3,(H2,31,35,36)(H2,34,52,64)(H2,44,53,65)(H2,45,54,66)(H3,32,40,42,50)(H3,33,41,43,51). The second-order valence-corrected chi connectivity index (χ2v) is 24.0. The molecule has 0 aliphatic carbocycles. The first-order valence-electron chi connectivity index (χ1n) is 19.4. The fraction of sp³-hybridized carbons (Fsp3) is 0.500. The van der Waals surface area contributed by atoms with Crippen molar-refractivity contribution in [1.82, 2.24) is 73.8 Å². The average Bonchev–Trinajstić information content (AvgIpc) is 4.10. The minimum absolute atomic E-state index is 0.0194. The molecule has 0 spiro atoms. The summed E-state index contributed by atoms with van der Waals surface area (Å²) in [4.78, 5) is 92.1. The zero-order valence-corrected chi connectivity index (χ0v) is 39.3. The molecule has 0 aromatic carbocycles. The van der Waals surface area contributed by atoms with Crippen molar-refractivity contribution < 1.29 is 47.6 Å². The van der Waals surface area contributed by atoms with Gasteiger partial charge in [-0.1, -0.05) is 0 Å². The third-order valence-corrected chi connectivity index (χ3v) is 15.8. The second-order valence-electron chi connectivity index (χ2n) is 14.7. The number of nitrogen functional groups attached to an aromatic ring is 3. The molecule has 0 amide bonds. The van der Waals surface area contributed by atoms with Crippen LogP contribution in [-0.2, 0) is 69.9 Å². The molecule has 10 atom stereocenters. The zero-order valence-electron chi connectivity index (χ0n) is 34.1. The van der Waals surface area contributed by atoms with Crippen molar-refractivity contribution >= 4 is 107 Å². The van der Waals surface area contributed by atoms with Crippen molar-refractivity contribution in [3.63, 3.8) is 0 Å². The number of nitrogens with two attached hydrogens (primary N) is 3. The highest BCUT2D eigenvalue weighted by Crippen LogP contribution is 2.47. The first-order chi connectivity index (χ1) is 31.3. The van der Waals surface area contributed by atoms with Crippen LogP contribution in [0.25, 0.3) is 33.5 Å². The summed E-state index contributed by atoms with van der Waals surface area (Å²) in [5.41, 5.74) is 17.4. The molecular weight excluding hydrogens is 994 g/mol. The molecule has 0 saturated carbocycles. The molecule has 2 aliphatic rings. The van der Waals surface area contributed by atoms with Crippen LogP contribution in [0.2, 0.25) is 0 Å². The van der Waals surface area contributed by atoms with Gasteiger partial charge >= 0.3 is 0 Å². The number of hydrogen-bond acceptors (Lipinski definition) is 22. The minimum atomic E-state index is -3.96. The van der Waals surface area contributed by atoms with Crippen molar-refractivity contribution in [2.45, 2.75) is 62.4 Å². The van der Waals surface area contributed by atoms with Crippen LogP contribution in [0.5, 0.6) is 0 Å². The van der Waals surface area contributed by atoms with Gasteiger partial charge in [0.1, 0.15) is 37.1 Å². The number of nitrogens with zero attached hydrogens (tertiary/aromatic N) is 10. The first-order valence-corrected chi connectivity index (χ1v) is 27.4. The third kappa shape index (κ3) is 10.8. The van der Waals surface area contributed by atoms with E-state index >= 15 is 0 Å². The molecule has 0 bridgehead atoms. The van der Waals surface area contributed by atoms with Crippen molar-refractivity contribution in [1.29, 1.82) is 0 Å². The lowest BCUT2D eigenvalue weighted by molar-refractivity contribution is -0.0442. The first kappa shape index (κ1) is 48.5. The summed E-state index contributed by atoms with van der Waals surface area (Å²) < 4.78 is 40.2. The van der Waals surface area contributed by atoms with Gasteiger partial charge < -0.3 is 64.8 Å². The van der Waals surface area contributed by atoms with E-state index in [1.54, 1.807) is 4.57 Å². The van der Waals surface area contributed by atoms with E-state index in [1.807, 2.05) is 0 Å². The number of nitrogens with one attached hydrogen (secondary N) is 5. The van der Waals surface area contributed by atoms with Gasteiger partial charge in [0, 0.05) is 24.9 Å². The summed E-state index contributed by atoms with van der Waals surface area (Å²) in [7, 11) is 1.45. The van der Waals surface area contributed by atoms with Gasteiger partial charge in [-0.3, -0.25) is 33.3 Å². The number of ether oxygens (including phenoxy) is 3. The molecule has 66 heavy (non-hydrogen) atoms. The van der Waals surface area contributed by atoms with Crippen LogP contribution in [0.1, 0.15) is 25.3 Å². The molecule has 2 fully saturated rings. The summed E-state index contributed by atoms with van der Waals surface area (Å²) in [6.07, 6.45) is 1.06. The number of anilines is 3. The summed E-state index contributed by atoms with van der Waals surface area (Å²) >= 11 is 16.2. The maximum Gasteiger partial charge on any atom is 0.280 e. The lowest BCUT2D eigenvalue weighted by Crippen LogP contribution is -2.40. The van der Waals surface area contributed by atoms with Gasteiger partial charge in [-0.15, -0.1) is 0 Å². The topological polar surface area (TPSA) is 421 Å². The SMILES string of the molecule is CNP(O)(=S)OCC1OC(n2cnc3c(N)ncnc32)CC1NP(O)(=S)OCC1OC(n2cnc3c(=O)[nH]c(N)nc32)CC1NP(O)(=S)OCC(CO)OCn1cnc2c(=O)[nH]c(N)nc21. The Morgan fingerprint density at radius 2 is 1.30 bits per heavy atom. The average molecular weight is 1040 g/mol. The van der Waals surface area contributed by atoms with Crippen molar-refractivity contribution in [2.24, 2.45) is 0 Å². The molecule has 6 aromatic rings. The van der Waals surface area contributed by atoms with E-state index in [2.05, 4.69) is 60.1 Å². The van der Waals surface area contributed by atoms with Crippen LogP contribution in [0.3, 0.4) is 0 Å². The van der Waals surface area contributed by atoms with Crippen molar-refractivity contribution in [3.05, 3.63) is 46.0 Å². The van der Waals surface area contributed by atoms with Crippen LogP contribution in [0.4, 0.5) is 17.7 Å². The van der Waals surface area contributed by atoms with E-state index in [9.17, 15) is 29.4 Å². The lowest BCUT2D eigenvalue weighted by atomic mass is 10.1. The molecule has 15 N–H and O–H groups in total. The van der Waals surface area contributed by atoms with Crippen LogP contribution in [0, 0.1) is 0 Å². The Balaban J connectivity index is 0.969. The number of fused-ring (bicyclic) bond motifs is 3. The quantitative estimate of drug-likeness (QED) is 0.0354. The number of H-pyrrole nitrogens is 2. The maximum atomic E-state index is 12.6. The molecule has 2 aliphatic heterocycles. The number of aliphatic hydroxyl groups excluding tert-OH is 1. The number of imidazole rings is 3. The van der Waals surface area contributed by atoms with Crippen LogP contribution in [-0.4, -0.2) is 142 Å². The van der Waals surface area contributed by atoms with E-state index in [1.165, 1.54) is 41.5 Å². The monoisotopic (exact) mass is 1040 g/mol. The van der Waals surface area contributed by atoms with Gasteiger partial charge in [-0.25, -0.2) is 40.2 Å². The fourth-order valence-corrected chi connectivity index (χ4v) is 11.2. The maximum absolute atomic E-state index is 12.6. The van der Waals surface area contributed by atoms with Gasteiger partial charge in [0.25, 0.3) is 31.0 Å². The molecule has 6 aromatic heterocycles. The van der Waals surface area contributed by atoms with Crippen LogP contribution in [0.15, 0.2) is 34.9 Å². The van der Waals surface area contributed by atoms with Gasteiger partial charge in [0.05, 0.1) is 57.6 Å². The fourth-order valence-electron chi connectivity index (χ4n) is 7.11. The predicted molar refractivity (Wildman–Crippen MR) is 244 cm³/mol. The normalized spacial score (nSPS) is 24.5. The van der Waals surface area contributed by atoms with E-state index in [-0.39, 0.29) is 66.2 Å². The zero-order chi connectivity index (χ0) is 47.1. The molecule has 0 radical (unpaired) electrons. The van der Waals surface area contributed by atoms with Crippen molar-refractivity contribution in [3.8, 4) is 0 Å². The van der Waals surface area contributed by atoms with E-state index < -0.39 is 93.7 Å². The molecule has 30 nitrogen and oxygen atoms in total. The highest BCUT2D eigenvalue weighted by Gasteiger charge is 2.43. The summed E-state index contributed by atoms with van der Waals surface area (Å²) in [5.74, 6) is -0.147. The van der Waals surface area contributed by atoms with Crippen LogP contribution < -0.4 is 43.6 Å². The lowest BCUT2D eigenvalue weighted by Gasteiger charge is -2.28. The number of aromatic amines is 2. The Labute approximate surface area is 385 Å². The highest BCUT2D eigenvalue weighted by molar-refractivity contribution is 8.09. The largest absolute Gasteiger partial charge is 0.394 e. The Kier molecular flexibility index (Phi) is 14.4. The summed E-state index contributed by atoms with van der Waals surface area (Å²) in [6.45, 7) is -13.1. The van der Waals surface area contributed by atoms with Gasteiger partial charge in [-0.2, -0.15) is 9.97 Å². The van der Waals surface area contributed by atoms with Gasteiger partial charge in [0.15, 0.2) is 33.8 Å². The van der Waals surface area contributed by atoms with E-state index in [4.69, 9.17) is 80.4 Å². The highest BCUT2D eigenvalue weighted by atomic mass is 32.5. The molecule has 2 saturated heterocycles. The Morgan fingerprint density at radius 1 is 0.773 bits per heavy atom. The summed E-state index contributed by atoms with van der Waals surface area (Å²) in [6, 6.07) is -1.63.